The van der Waals surface area contributed by atoms with Crippen molar-refractivity contribution in [2.75, 3.05) is 93.8 Å². The maximum atomic E-state index is 13.1. The van der Waals surface area contributed by atoms with Crippen molar-refractivity contribution in [2.45, 2.75) is 185 Å². The number of ether oxygens (including phenoxy) is 1. The molecule has 0 radical (unpaired) electrons. The van der Waals surface area contributed by atoms with Gasteiger partial charge in [0, 0.05) is 112 Å². The second-order valence-corrected chi connectivity index (χ2v) is 31.1. The van der Waals surface area contributed by atoms with Crippen molar-refractivity contribution in [3.8, 4) is 73.3 Å². The third-order valence-corrected chi connectivity index (χ3v) is 20.0. The van der Waals surface area contributed by atoms with Gasteiger partial charge in [0.15, 0.2) is 0 Å². The summed E-state index contributed by atoms with van der Waals surface area (Å²) in [5, 5.41) is 55.9. The van der Waals surface area contributed by atoms with Crippen LogP contribution in [-0.2, 0) is 52.4 Å². The van der Waals surface area contributed by atoms with Crippen molar-refractivity contribution in [2.24, 2.45) is 0 Å². The van der Waals surface area contributed by atoms with Gasteiger partial charge in [-0.25, -0.2) is 22.0 Å². The Hall–Kier alpha value is -10.3. The molecule has 0 saturated heterocycles. The molecule has 0 amide bonds. The first-order valence-corrected chi connectivity index (χ1v) is 43.2. The van der Waals surface area contributed by atoms with Crippen LogP contribution in [-0.4, -0.2) is 200 Å². The van der Waals surface area contributed by atoms with Crippen LogP contribution in [0.25, 0.3) is 67.5 Å². The molecule has 12 aromatic rings. The predicted molar refractivity (Wildman–Crippen MR) is 484 cm³/mol. The maximum Gasteiger partial charge on any atom is 0.123 e. The molecule has 0 aliphatic rings. The molecular weight excluding hydrogens is 1550 g/mol. The van der Waals surface area contributed by atoms with Gasteiger partial charge in [-0.05, 0) is 285 Å². The summed E-state index contributed by atoms with van der Waals surface area (Å²) in [6, 6.07) is 40.5. The van der Waals surface area contributed by atoms with E-state index < -0.39 is 0 Å². The third-order valence-electron chi connectivity index (χ3n) is 20.0. The summed E-state index contributed by atoms with van der Waals surface area (Å²) in [6.07, 6.45) is 22.0. The number of hydrogen-bond donors (Lipinski definition) is 6. The molecule has 0 aliphatic heterocycles. The summed E-state index contributed by atoms with van der Waals surface area (Å²) in [6.45, 7) is 36.0. The number of unbranched alkanes of at least 4 members (excludes halogenated alkanes) is 2. The highest BCUT2D eigenvalue weighted by molar-refractivity contribution is 5.67. The standard InChI is InChI=1S/C17H25N3O.2C16H22FN3O.2C16H22FN3.C15H20FN3/c1-5-10-20(4)12-15-11-18-19-17(15)14-6-8-16(9-7-14)21-13(2)3;1-3-8-19(2)11-14-12-20(9-10-21)18-16(14)13-4-6-15(17)7-5-13;1-3-8-19(2)12-14-11-18-20(9-10-21)16(14)13-4-6-15(17)7-5-13;1-3-4-5-10-20(2)12-14-11-18-19-16(14)13-6-8-15(17)9-7-13;1-3-9-20(10-4-2)12-14-11-18-19-16(14)13-5-7-15(17)8-6-13;1-3-9-19(4-2)11-13-10-17-18-15(13)12-5-7-14(16)8-6-12/h6-9,11,13H,5,10,12H2,1-4H3,(H,18,19);4-7,12,21H,3,8-11H2,1-2H3;4-7,11,21H,3,8-10,12H2,1-2H3;6-9,11H,3-5,10,12H2,1-2H3,(H,18,19);5-8,11H,3-4,9-10,12H2,1-2H3,(H,18,19);5-8,10H,3-4,9,11H2,1-2H3,(H,17,18). The van der Waals surface area contributed by atoms with Gasteiger partial charge in [0.05, 0.1) is 97.6 Å². The molecule has 0 unspecified atom stereocenters. The van der Waals surface area contributed by atoms with Crippen molar-refractivity contribution in [3.63, 3.8) is 0 Å². The highest BCUT2D eigenvalue weighted by Crippen LogP contribution is 2.31. The Morgan fingerprint density at radius 3 is 1.07 bits per heavy atom. The number of aliphatic hydroxyl groups is 2. The average molecular weight is 1680 g/mol. The molecule has 6 aromatic heterocycles. The van der Waals surface area contributed by atoms with Crippen LogP contribution >= 0.6 is 0 Å². The second kappa shape index (κ2) is 54.3. The van der Waals surface area contributed by atoms with E-state index >= 15 is 0 Å². The molecule has 0 bridgehead atoms. The number of nitrogens with one attached hydrogen (secondary N) is 4. The Morgan fingerprint density at radius 1 is 0.361 bits per heavy atom. The van der Waals surface area contributed by atoms with E-state index in [4.69, 9.17) is 9.84 Å². The molecule has 0 spiro atoms. The smallest absolute Gasteiger partial charge is 0.123 e. The summed E-state index contributed by atoms with van der Waals surface area (Å²) in [5.41, 5.74) is 18.6. The van der Waals surface area contributed by atoms with Crippen LogP contribution in [0.2, 0.25) is 0 Å². The Balaban J connectivity index is 0.000000202. The lowest BCUT2D eigenvalue weighted by atomic mass is 10.1. The summed E-state index contributed by atoms with van der Waals surface area (Å²) >= 11 is 0. The quantitative estimate of drug-likeness (QED) is 0.0155. The van der Waals surface area contributed by atoms with E-state index in [0.29, 0.717) is 13.1 Å². The van der Waals surface area contributed by atoms with Crippen molar-refractivity contribution >= 4 is 0 Å². The van der Waals surface area contributed by atoms with E-state index in [0.717, 1.165) is 226 Å². The molecule has 0 atom stereocenters. The fourth-order valence-electron chi connectivity index (χ4n) is 14.2. The van der Waals surface area contributed by atoms with Crippen LogP contribution in [0, 0.1) is 29.1 Å². The Bertz CT molecular complexity index is 4760. The third kappa shape index (κ3) is 33.2. The monoisotopic (exact) mass is 1680 g/mol. The zero-order valence-electron chi connectivity index (χ0n) is 74.4. The van der Waals surface area contributed by atoms with Crippen LogP contribution in [0.3, 0.4) is 0 Å². The number of benzene rings is 6. The van der Waals surface area contributed by atoms with Crippen molar-refractivity contribution in [1.82, 2.24) is 89.7 Å². The van der Waals surface area contributed by atoms with E-state index in [1.807, 2.05) is 63.2 Å². The number of aliphatic hydroxyl groups excluding tert-OH is 2. The number of hydrogen-bond acceptors (Lipinski definition) is 15. The van der Waals surface area contributed by atoms with Gasteiger partial charge in [0.25, 0.3) is 0 Å². The molecule has 0 saturated carbocycles. The van der Waals surface area contributed by atoms with Crippen molar-refractivity contribution in [3.05, 3.63) is 245 Å². The molecule has 26 heteroatoms. The number of aromatic amines is 4. The van der Waals surface area contributed by atoms with E-state index in [2.05, 4.69) is 176 Å². The van der Waals surface area contributed by atoms with E-state index in [1.165, 1.54) is 91.1 Å². The SMILES string of the molecule is CCCCCN(C)Cc1cn[nH]c1-c1ccc(F)cc1.CCCN(C)Cc1cn(CCO)nc1-c1ccc(F)cc1.CCCN(C)Cc1cn[nH]c1-c1ccc(OC(C)C)cc1.CCCN(C)Cc1cnn(CCO)c1-c1ccc(F)cc1.CCCN(CC)Cc1cn[nH]c1-c1ccc(F)cc1.CCCN(CCC)Cc1cn[nH]c1-c1ccc(F)cc1. The molecule has 21 nitrogen and oxygen atoms in total. The Morgan fingerprint density at radius 2 is 0.697 bits per heavy atom. The first kappa shape index (κ1) is 98.8. The second-order valence-electron chi connectivity index (χ2n) is 31.1. The summed E-state index contributed by atoms with van der Waals surface area (Å²) in [5.74, 6) is -0.251. The molecule has 6 heterocycles. The lowest BCUT2D eigenvalue weighted by Crippen LogP contribution is -2.24. The van der Waals surface area contributed by atoms with Gasteiger partial charge < -0.3 is 34.5 Å². The van der Waals surface area contributed by atoms with Crippen LogP contribution in [0.15, 0.2) is 183 Å². The maximum absolute atomic E-state index is 13.1. The van der Waals surface area contributed by atoms with Gasteiger partial charge in [-0.15, -0.1) is 0 Å². The highest BCUT2D eigenvalue weighted by atomic mass is 19.1. The number of aromatic nitrogens is 12. The molecule has 0 fully saturated rings. The Labute approximate surface area is 720 Å². The summed E-state index contributed by atoms with van der Waals surface area (Å²) in [4.78, 5) is 13.9. The molecule has 122 heavy (non-hydrogen) atoms. The zero-order chi connectivity index (χ0) is 88.1. The lowest BCUT2D eigenvalue weighted by Gasteiger charge is -2.20. The first-order chi connectivity index (χ1) is 59.1. The fraction of sp³-hybridized carbons (Fsp3) is 0.438. The number of rotatable bonds is 41. The summed E-state index contributed by atoms with van der Waals surface area (Å²) < 4.78 is 74.3. The normalized spacial score (nSPS) is 11.2. The van der Waals surface area contributed by atoms with Crippen molar-refractivity contribution in [1.29, 1.82) is 0 Å². The minimum atomic E-state index is -0.253. The van der Waals surface area contributed by atoms with Crippen LogP contribution < -0.4 is 4.74 Å². The molecular formula is C96H133F5N18O3. The number of halogens is 5. The van der Waals surface area contributed by atoms with Gasteiger partial charge in [-0.2, -0.15) is 30.6 Å². The molecule has 12 rings (SSSR count). The molecule has 6 aromatic carbocycles. The van der Waals surface area contributed by atoms with Gasteiger partial charge >= 0.3 is 0 Å². The topological polar surface area (TPSA) is 219 Å². The van der Waals surface area contributed by atoms with Crippen LogP contribution in [0.4, 0.5) is 22.0 Å². The Kier molecular flexibility index (Phi) is 44.0. The average Bonchev–Trinajstić information content (AvgIpc) is 1.66. The number of nitrogens with zero attached hydrogens (tertiary/aromatic N) is 14. The van der Waals surface area contributed by atoms with Gasteiger partial charge in [0.1, 0.15) is 34.8 Å². The van der Waals surface area contributed by atoms with Crippen molar-refractivity contribution < 1.29 is 36.9 Å². The van der Waals surface area contributed by atoms with E-state index in [-0.39, 0.29) is 48.4 Å². The van der Waals surface area contributed by atoms with Crippen LogP contribution in [0.1, 0.15) is 160 Å². The van der Waals surface area contributed by atoms with Gasteiger partial charge in [-0.3, -0.25) is 39.6 Å². The molecule has 0 aliphatic carbocycles. The first-order valence-electron chi connectivity index (χ1n) is 43.2. The fourth-order valence-corrected chi connectivity index (χ4v) is 14.2. The van der Waals surface area contributed by atoms with E-state index in [1.54, 1.807) is 70.0 Å². The number of H-pyrrole nitrogens is 4. The van der Waals surface area contributed by atoms with Gasteiger partial charge in [-0.1, -0.05) is 68.2 Å². The predicted octanol–water partition coefficient (Wildman–Crippen LogP) is 19.9. The largest absolute Gasteiger partial charge is 0.491 e. The molecule has 660 valence electrons. The van der Waals surface area contributed by atoms with Gasteiger partial charge in [0.2, 0.25) is 0 Å². The summed E-state index contributed by atoms with van der Waals surface area (Å²) in [7, 11) is 8.40. The highest BCUT2D eigenvalue weighted by Gasteiger charge is 2.20. The molecule has 6 N–H and O–H groups in total. The zero-order valence-corrected chi connectivity index (χ0v) is 74.4. The minimum absolute atomic E-state index is 0.0279. The minimum Gasteiger partial charge on any atom is -0.491 e. The lowest BCUT2D eigenvalue weighted by molar-refractivity contribution is 0.242. The van der Waals surface area contributed by atoms with E-state index in [9.17, 15) is 27.1 Å². The van der Waals surface area contributed by atoms with Crippen LogP contribution in [0.5, 0.6) is 5.75 Å².